The van der Waals surface area contributed by atoms with Crippen molar-refractivity contribution in [2.75, 3.05) is 4.90 Å². The van der Waals surface area contributed by atoms with E-state index in [2.05, 4.69) is 14.9 Å². The summed E-state index contributed by atoms with van der Waals surface area (Å²) in [6.07, 6.45) is 4.67. The number of hydrogen-bond acceptors (Lipinski definition) is 4. The molecule has 1 aromatic heterocycles. The highest BCUT2D eigenvalue weighted by atomic mass is 15.3. The molecule has 0 aromatic carbocycles. The predicted molar refractivity (Wildman–Crippen MR) is 68.0 cm³/mol. The molecule has 0 spiro atoms. The summed E-state index contributed by atoms with van der Waals surface area (Å²) in [7, 11) is 0. The maximum atomic E-state index is 6.09. The zero-order valence-electron chi connectivity index (χ0n) is 10.6. The normalized spacial score (nSPS) is 31.9. The summed E-state index contributed by atoms with van der Waals surface area (Å²) in [5.41, 5.74) is 8.20. The summed E-state index contributed by atoms with van der Waals surface area (Å²) in [5, 5.41) is 0. The Morgan fingerprint density at radius 1 is 1.12 bits per heavy atom. The van der Waals surface area contributed by atoms with Crippen LogP contribution in [0.25, 0.3) is 0 Å². The number of aryl methyl sites for hydroxylation is 2. The average Bonchev–Trinajstić information content (AvgIpc) is 2.50. The number of aromatic nitrogens is 2. The Morgan fingerprint density at radius 2 is 1.65 bits per heavy atom. The Bertz CT molecular complexity index is 397. The van der Waals surface area contributed by atoms with Crippen LogP contribution in [0.5, 0.6) is 0 Å². The summed E-state index contributed by atoms with van der Waals surface area (Å²) < 4.78 is 0. The molecule has 0 amide bonds. The molecule has 3 heterocycles. The van der Waals surface area contributed by atoms with Crippen molar-refractivity contribution in [1.82, 2.24) is 9.97 Å². The largest absolute Gasteiger partial charge is 0.335 e. The van der Waals surface area contributed by atoms with Crippen LogP contribution in [0.4, 0.5) is 5.95 Å². The Balaban J connectivity index is 1.94. The highest BCUT2D eigenvalue weighted by Gasteiger charge is 2.40. The molecule has 0 radical (unpaired) electrons. The average molecular weight is 232 g/mol. The maximum Gasteiger partial charge on any atom is 0.226 e. The third kappa shape index (κ3) is 1.90. The van der Waals surface area contributed by atoms with Gasteiger partial charge in [0.05, 0.1) is 0 Å². The summed E-state index contributed by atoms with van der Waals surface area (Å²) in [6.45, 7) is 4.07. The minimum absolute atomic E-state index is 0.370. The van der Waals surface area contributed by atoms with Gasteiger partial charge in [0.25, 0.3) is 0 Å². The Hall–Kier alpha value is -1.16. The van der Waals surface area contributed by atoms with Crippen molar-refractivity contribution in [3.63, 3.8) is 0 Å². The Morgan fingerprint density at radius 3 is 2.18 bits per heavy atom. The van der Waals surface area contributed by atoms with Gasteiger partial charge in [-0.1, -0.05) is 0 Å². The van der Waals surface area contributed by atoms with E-state index < -0.39 is 0 Å². The van der Waals surface area contributed by atoms with Crippen LogP contribution in [0, 0.1) is 13.8 Å². The topological polar surface area (TPSA) is 55.0 Å². The Kier molecular flexibility index (Phi) is 2.54. The van der Waals surface area contributed by atoms with Crippen LogP contribution in [0.3, 0.4) is 0 Å². The van der Waals surface area contributed by atoms with Crippen LogP contribution >= 0.6 is 0 Å². The lowest BCUT2D eigenvalue weighted by Crippen LogP contribution is -2.48. The number of anilines is 1. The fourth-order valence-corrected chi connectivity index (χ4v) is 3.37. The first-order valence-electron chi connectivity index (χ1n) is 6.49. The third-order valence-corrected chi connectivity index (χ3v) is 3.97. The Labute approximate surface area is 102 Å². The molecule has 0 saturated carbocycles. The van der Waals surface area contributed by atoms with Crippen LogP contribution in [0.2, 0.25) is 0 Å². The fourth-order valence-electron chi connectivity index (χ4n) is 3.37. The molecule has 1 aromatic rings. The molecule has 2 aliphatic heterocycles. The SMILES string of the molecule is Cc1cc(C)nc(N2C3CCC2CC(N)C3)n1. The number of piperidine rings is 1. The van der Waals surface area contributed by atoms with E-state index in [9.17, 15) is 0 Å². The van der Waals surface area contributed by atoms with Crippen molar-refractivity contribution < 1.29 is 0 Å². The molecule has 2 aliphatic rings. The van der Waals surface area contributed by atoms with Crippen LogP contribution in [0.15, 0.2) is 6.07 Å². The standard InChI is InChI=1S/C13H20N4/c1-8-5-9(2)16-13(15-8)17-11-3-4-12(17)7-10(14)6-11/h5,10-12H,3-4,6-7,14H2,1-2H3. The molecule has 2 bridgehead atoms. The fraction of sp³-hybridized carbons (Fsp3) is 0.692. The van der Waals surface area contributed by atoms with Crippen molar-refractivity contribution >= 4 is 5.95 Å². The molecule has 4 heteroatoms. The van der Waals surface area contributed by atoms with Gasteiger partial charge in [-0.25, -0.2) is 9.97 Å². The van der Waals surface area contributed by atoms with Crippen LogP contribution in [0.1, 0.15) is 37.1 Å². The van der Waals surface area contributed by atoms with E-state index in [4.69, 9.17) is 5.73 Å². The van der Waals surface area contributed by atoms with Crippen LogP contribution in [-0.2, 0) is 0 Å². The number of rotatable bonds is 1. The van der Waals surface area contributed by atoms with Gasteiger partial charge in [-0.3, -0.25) is 0 Å². The number of nitrogens with zero attached hydrogens (tertiary/aromatic N) is 3. The summed E-state index contributed by atoms with van der Waals surface area (Å²) in [6, 6.07) is 3.52. The highest BCUT2D eigenvalue weighted by molar-refractivity contribution is 5.39. The lowest BCUT2D eigenvalue weighted by Gasteiger charge is -2.37. The summed E-state index contributed by atoms with van der Waals surface area (Å²) in [4.78, 5) is 11.6. The second-order valence-electron chi connectivity index (χ2n) is 5.47. The van der Waals surface area contributed by atoms with Gasteiger partial charge in [0, 0.05) is 29.5 Å². The van der Waals surface area contributed by atoms with Crippen molar-refractivity contribution in [3.05, 3.63) is 17.5 Å². The summed E-state index contributed by atoms with van der Waals surface area (Å²) in [5.74, 6) is 0.918. The quantitative estimate of drug-likeness (QED) is 0.798. The van der Waals surface area contributed by atoms with E-state index in [-0.39, 0.29) is 0 Å². The molecule has 2 unspecified atom stereocenters. The molecule has 17 heavy (non-hydrogen) atoms. The van der Waals surface area contributed by atoms with Crippen LogP contribution in [-0.4, -0.2) is 28.1 Å². The molecule has 2 saturated heterocycles. The van der Waals surface area contributed by atoms with Crippen molar-refractivity contribution in [2.24, 2.45) is 5.73 Å². The van der Waals surface area contributed by atoms with Gasteiger partial charge in [-0.15, -0.1) is 0 Å². The molecule has 2 fully saturated rings. The number of nitrogens with two attached hydrogens (primary N) is 1. The van der Waals surface area contributed by atoms with Gasteiger partial charge in [0.2, 0.25) is 5.95 Å². The third-order valence-electron chi connectivity index (χ3n) is 3.97. The molecule has 3 rings (SSSR count). The van der Waals surface area contributed by atoms with Crippen molar-refractivity contribution in [3.8, 4) is 0 Å². The van der Waals surface area contributed by atoms with E-state index in [1.54, 1.807) is 0 Å². The first-order chi connectivity index (χ1) is 8.13. The first kappa shape index (κ1) is 11.0. The predicted octanol–water partition coefficient (Wildman–Crippen LogP) is 1.55. The molecule has 0 aliphatic carbocycles. The number of fused-ring (bicyclic) bond motifs is 2. The molecule has 4 nitrogen and oxygen atoms in total. The van der Waals surface area contributed by atoms with Gasteiger partial charge < -0.3 is 10.6 Å². The highest BCUT2D eigenvalue weighted by Crippen LogP contribution is 2.37. The molecular weight excluding hydrogens is 212 g/mol. The number of hydrogen-bond donors (Lipinski definition) is 1. The van der Waals surface area contributed by atoms with Gasteiger partial charge in [-0.2, -0.15) is 0 Å². The van der Waals surface area contributed by atoms with Crippen molar-refractivity contribution in [1.29, 1.82) is 0 Å². The van der Waals surface area contributed by atoms with E-state index >= 15 is 0 Å². The monoisotopic (exact) mass is 232 g/mol. The van der Waals surface area contributed by atoms with E-state index in [1.165, 1.54) is 12.8 Å². The van der Waals surface area contributed by atoms with Crippen LogP contribution < -0.4 is 10.6 Å². The van der Waals surface area contributed by atoms with Gasteiger partial charge in [0.1, 0.15) is 0 Å². The van der Waals surface area contributed by atoms with E-state index in [1.807, 2.05) is 19.9 Å². The van der Waals surface area contributed by atoms with Gasteiger partial charge >= 0.3 is 0 Å². The van der Waals surface area contributed by atoms with Gasteiger partial charge in [0.15, 0.2) is 0 Å². The van der Waals surface area contributed by atoms with Gasteiger partial charge in [-0.05, 0) is 45.6 Å². The lowest BCUT2D eigenvalue weighted by atomic mass is 9.99. The van der Waals surface area contributed by atoms with Crippen molar-refractivity contribution in [2.45, 2.75) is 57.7 Å². The minimum atomic E-state index is 0.370. The zero-order valence-corrected chi connectivity index (χ0v) is 10.6. The summed E-state index contributed by atoms with van der Waals surface area (Å²) >= 11 is 0. The lowest BCUT2D eigenvalue weighted by molar-refractivity contribution is 0.409. The van der Waals surface area contributed by atoms with E-state index in [0.29, 0.717) is 18.1 Å². The first-order valence-corrected chi connectivity index (χ1v) is 6.49. The second-order valence-corrected chi connectivity index (χ2v) is 5.47. The minimum Gasteiger partial charge on any atom is -0.335 e. The maximum absolute atomic E-state index is 6.09. The van der Waals surface area contributed by atoms with E-state index in [0.717, 1.165) is 30.2 Å². The molecular formula is C13H20N4. The zero-order chi connectivity index (χ0) is 12.0. The molecule has 92 valence electrons. The second kappa shape index (κ2) is 3.95. The smallest absolute Gasteiger partial charge is 0.226 e. The molecule has 2 atom stereocenters. The molecule has 2 N–H and O–H groups in total.